The third-order valence-corrected chi connectivity index (χ3v) is 4.94. The molecular formula is C21H18F2N4O. The van der Waals surface area contributed by atoms with E-state index in [2.05, 4.69) is 10.1 Å². The van der Waals surface area contributed by atoms with Gasteiger partial charge in [0.2, 0.25) is 0 Å². The zero-order valence-electron chi connectivity index (χ0n) is 15.2. The molecule has 0 unspecified atom stereocenters. The Balaban J connectivity index is 1.90. The van der Waals surface area contributed by atoms with Gasteiger partial charge in [0.25, 0.3) is 6.43 Å². The number of hydrogen-bond acceptors (Lipinski definition) is 4. The molecular weight excluding hydrogens is 362 g/mol. The highest BCUT2D eigenvalue weighted by molar-refractivity contribution is 6.16. The Labute approximate surface area is 160 Å². The third kappa shape index (κ3) is 2.93. The second kappa shape index (κ2) is 7.09. The minimum atomic E-state index is -2.60. The average Bonchev–Trinajstić information content (AvgIpc) is 3.09. The van der Waals surface area contributed by atoms with Gasteiger partial charge >= 0.3 is 0 Å². The normalized spacial score (nSPS) is 13.6. The lowest BCUT2D eigenvalue weighted by Gasteiger charge is -2.17. The van der Waals surface area contributed by atoms with Crippen LogP contribution in [0.3, 0.4) is 0 Å². The maximum atomic E-state index is 13.6. The first-order valence-corrected chi connectivity index (χ1v) is 8.82. The maximum absolute atomic E-state index is 13.6. The van der Waals surface area contributed by atoms with Crippen LogP contribution < -0.4 is 5.73 Å². The molecule has 1 aromatic heterocycles. The van der Waals surface area contributed by atoms with Crippen molar-refractivity contribution in [2.75, 3.05) is 13.1 Å². The topological polar surface area (TPSA) is 73.3 Å². The summed E-state index contributed by atoms with van der Waals surface area (Å²) in [5, 5.41) is 4.29. The number of benzene rings is 2. The first kappa shape index (κ1) is 18.2. The molecule has 0 bridgehead atoms. The smallest absolute Gasteiger partial charge is 0.264 e. The molecule has 0 amide bonds. The maximum Gasteiger partial charge on any atom is 0.264 e. The van der Waals surface area contributed by atoms with Crippen LogP contribution in [0.2, 0.25) is 0 Å². The second-order valence-corrected chi connectivity index (χ2v) is 6.57. The summed E-state index contributed by atoms with van der Waals surface area (Å²) >= 11 is 0. The van der Waals surface area contributed by atoms with Crippen LogP contribution in [0.5, 0.6) is 0 Å². The van der Waals surface area contributed by atoms with Crippen molar-refractivity contribution in [3.05, 3.63) is 65.4 Å². The third-order valence-electron chi connectivity index (χ3n) is 4.94. The molecule has 0 saturated heterocycles. The molecule has 0 saturated carbocycles. The molecule has 1 aliphatic heterocycles. The fraction of sp³-hybridized carbons (Fsp3) is 0.190. The molecule has 0 atom stereocenters. The molecule has 5 nitrogen and oxygen atoms in total. The standard InChI is InChI=1S/C21H18F2N4O/c1-27-20(14-4-2-3-5-15(14)21(22)23)17(10-26-27)12-6-7-13-16(8-12)18(9-24)25-11-19(13)28/h2-8,10,21H,9,11,24H2,1H3. The number of ketones is 1. The molecule has 0 fully saturated rings. The lowest BCUT2D eigenvalue weighted by Crippen LogP contribution is -2.24. The van der Waals surface area contributed by atoms with Gasteiger partial charge < -0.3 is 5.73 Å². The van der Waals surface area contributed by atoms with Crippen LogP contribution in [-0.2, 0) is 7.05 Å². The molecule has 0 radical (unpaired) electrons. The molecule has 0 aliphatic carbocycles. The summed E-state index contributed by atoms with van der Waals surface area (Å²) in [6.45, 7) is 0.316. The van der Waals surface area contributed by atoms with Gasteiger partial charge in [0, 0.05) is 41.4 Å². The van der Waals surface area contributed by atoms with Crippen molar-refractivity contribution >= 4 is 11.5 Å². The summed E-state index contributed by atoms with van der Waals surface area (Å²) in [6, 6.07) is 11.8. The molecule has 2 N–H and O–H groups in total. The monoisotopic (exact) mass is 380 g/mol. The molecule has 3 aromatic rings. The number of aryl methyl sites for hydroxylation is 1. The van der Waals surface area contributed by atoms with Gasteiger partial charge in [-0.1, -0.05) is 36.4 Å². The highest BCUT2D eigenvalue weighted by Crippen LogP contribution is 2.37. The van der Waals surface area contributed by atoms with E-state index in [4.69, 9.17) is 5.73 Å². The summed E-state index contributed by atoms with van der Waals surface area (Å²) in [5.74, 6) is -0.0618. The van der Waals surface area contributed by atoms with E-state index < -0.39 is 6.43 Å². The van der Waals surface area contributed by atoms with Gasteiger partial charge in [-0.2, -0.15) is 5.10 Å². The molecule has 28 heavy (non-hydrogen) atoms. The van der Waals surface area contributed by atoms with Crippen molar-refractivity contribution in [1.82, 2.24) is 9.78 Å². The van der Waals surface area contributed by atoms with Gasteiger partial charge in [0.1, 0.15) is 6.54 Å². The van der Waals surface area contributed by atoms with E-state index in [-0.39, 0.29) is 24.4 Å². The van der Waals surface area contributed by atoms with Crippen molar-refractivity contribution in [2.24, 2.45) is 17.8 Å². The first-order chi connectivity index (χ1) is 13.5. The quantitative estimate of drug-likeness (QED) is 0.751. The Hall–Kier alpha value is -3.19. The van der Waals surface area contributed by atoms with Gasteiger partial charge in [-0.05, 0) is 11.6 Å². The van der Waals surface area contributed by atoms with Crippen molar-refractivity contribution in [3.63, 3.8) is 0 Å². The van der Waals surface area contributed by atoms with Crippen LogP contribution in [0.4, 0.5) is 8.78 Å². The Kier molecular flexibility index (Phi) is 4.60. The number of alkyl halides is 2. The van der Waals surface area contributed by atoms with Crippen molar-refractivity contribution in [2.45, 2.75) is 6.43 Å². The highest BCUT2D eigenvalue weighted by Gasteiger charge is 2.23. The average molecular weight is 380 g/mol. The number of aromatic nitrogens is 2. The van der Waals surface area contributed by atoms with Crippen LogP contribution in [-0.4, -0.2) is 34.4 Å². The lowest BCUT2D eigenvalue weighted by atomic mass is 9.91. The van der Waals surface area contributed by atoms with Crippen molar-refractivity contribution < 1.29 is 13.6 Å². The SMILES string of the molecule is Cn1ncc(-c2ccc3c(c2)C(CN)=NCC3=O)c1-c1ccccc1C(F)F. The molecule has 0 spiro atoms. The molecule has 142 valence electrons. The number of nitrogens with two attached hydrogens (primary N) is 1. The van der Waals surface area contributed by atoms with Crippen LogP contribution in [0.15, 0.2) is 53.7 Å². The largest absolute Gasteiger partial charge is 0.325 e. The van der Waals surface area contributed by atoms with E-state index in [1.165, 1.54) is 6.07 Å². The number of nitrogens with zero attached hydrogens (tertiary/aromatic N) is 3. The highest BCUT2D eigenvalue weighted by atomic mass is 19.3. The molecule has 1 aliphatic rings. The number of halogens is 2. The summed E-state index contributed by atoms with van der Waals surface area (Å²) in [5.41, 5.74) is 10.1. The van der Waals surface area contributed by atoms with E-state index in [1.54, 1.807) is 42.2 Å². The number of carbonyl (C=O) groups excluding carboxylic acids is 1. The van der Waals surface area contributed by atoms with E-state index in [0.29, 0.717) is 33.7 Å². The van der Waals surface area contributed by atoms with Crippen LogP contribution in [0.1, 0.15) is 27.9 Å². The fourth-order valence-electron chi connectivity index (χ4n) is 3.58. The molecule has 2 aromatic carbocycles. The fourth-order valence-corrected chi connectivity index (χ4v) is 3.58. The van der Waals surface area contributed by atoms with Gasteiger partial charge in [0.05, 0.1) is 17.6 Å². The van der Waals surface area contributed by atoms with Crippen molar-refractivity contribution in [3.8, 4) is 22.4 Å². The van der Waals surface area contributed by atoms with Crippen LogP contribution in [0, 0.1) is 0 Å². The van der Waals surface area contributed by atoms with E-state index in [9.17, 15) is 13.6 Å². The number of hydrogen-bond donors (Lipinski definition) is 1. The van der Waals surface area contributed by atoms with Gasteiger partial charge in [-0.15, -0.1) is 0 Å². The Morgan fingerprint density at radius 3 is 2.64 bits per heavy atom. The van der Waals surface area contributed by atoms with E-state index >= 15 is 0 Å². The summed E-state index contributed by atoms with van der Waals surface area (Å²) in [6.07, 6.45) is -0.959. The number of aliphatic imine (C=N–C) groups is 1. The number of Topliss-reactive ketones (excluding diaryl/α,β-unsaturated/α-hetero) is 1. The minimum absolute atomic E-state index is 0.0512. The minimum Gasteiger partial charge on any atom is -0.325 e. The molecule has 7 heteroatoms. The molecule has 4 rings (SSSR count). The number of fused-ring (bicyclic) bond motifs is 1. The number of carbonyl (C=O) groups is 1. The predicted octanol–water partition coefficient (Wildman–Crippen LogP) is 3.64. The van der Waals surface area contributed by atoms with E-state index in [0.717, 1.165) is 5.56 Å². The Bertz CT molecular complexity index is 1100. The Morgan fingerprint density at radius 1 is 1.11 bits per heavy atom. The van der Waals surface area contributed by atoms with Crippen LogP contribution in [0.25, 0.3) is 22.4 Å². The lowest BCUT2D eigenvalue weighted by molar-refractivity contribution is 0.1000. The number of rotatable bonds is 4. The zero-order valence-corrected chi connectivity index (χ0v) is 15.2. The second-order valence-electron chi connectivity index (χ2n) is 6.57. The summed E-state index contributed by atoms with van der Waals surface area (Å²) < 4.78 is 28.7. The van der Waals surface area contributed by atoms with Gasteiger partial charge in [-0.25, -0.2) is 8.78 Å². The first-order valence-electron chi connectivity index (χ1n) is 8.82. The van der Waals surface area contributed by atoms with Gasteiger partial charge in [0.15, 0.2) is 5.78 Å². The molecule has 2 heterocycles. The zero-order chi connectivity index (χ0) is 19.8. The summed E-state index contributed by atoms with van der Waals surface area (Å²) in [4.78, 5) is 16.4. The summed E-state index contributed by atoms with van der Waals surface area (Å²) in [7, 11) is 1.72. The predicted molar refractivity (Wildman–Crippen MR) is 104 cm³/mol. The Morgan fingerprint density at radius 2 is 1.89 bits per heavy atom. The van der Waals surface area contributed by atoms with Crippen molar-refractivity contribution in [1.29, 1.82) is 0 Å². The van der Waals surface area contributed by atoms with E-state index in [1.807, 2.05) is 12.1 Å². The van der Waals surface area contributed by atoms with Gasteiger partial charge in [-0.3, -0.25) is 14.5 Å². The van der Waals surface area contributed by atoms with Crippen LogP contribution >= 0.6 is 0 Å².